The van der Waals surface area contributed by atoms with Crippen molar-refractivity contribution in [1.82, 2.24) is 4.98 Å². The molecule has 5 nitrogen and oxygen atoms in total. The predicted octanol–water partition coefficient (Wildman–Crippen LogP) is 4.73. The molecule has 0 aliphatic rings. The molecule has 144 valence electrons. The van der Waals surface area contributed by atoms with Crippen molar-refractivity contribution in [2.45, 2.75) is 5.75 Å². The lowest BCUT2D eigenvalue weighted by Gasteiger charge is -2.07. The van der Waals surface area contributed by atoms with Crippen LogP contribution in [0.25, 0.3) is 22.4 Å². The minimum Gasteiger partial charge on any atom is -0.403 e. The third-order valence-electron chi connectivity index (χ3n) is 4.27. The summed E-state index contributed by atoms with van der Waals surface area (Å²) in [5, 5.41) is 3.32. The van der Waals surface area contributed by atoms with E-state index in [1.165, 1.54) is 5.56 Å². The third-order valence-corrected chi connectivity index (χ3v) is 5.28. The van der Waals surface area contributed by atoms with E-state index in [0.717, 1.165) is 5.75 Å². The van der Waals surface area contributed by atoms with E-state index in [9.17, 15) is 9.59 Å². The van der Waals surface area contributed by atoms with Gasteiger partial charge in [0.2, 0.25) is 11.8 Å². The van der Waals surface area contributed by atoms with E-state index < -0.39 is 5.63 Å². The van der Waals surface area contributed by atoms with E-state index in [2.05, 4.69) is 10.3 Å². The SMILES string of the molecule is O=C(CSCc1ccccc1)Nc1cccc(-c2nc3ccccc3c(=O)o2)c1. The molecule has 0 unspecified atom stereocenters. The number of para-hydroxylation sites is 1. The lowest BCUT2D eigenvalue weighted by Crippen LogP contribution is -2.14. The summed E-state index contributed by atoms with van der Waals surface area (Å²) < 4.78 is 5.37. The molecule has 1 heterocycles. The Bertz CT molecular complexity index is 1210. The van der Waals surface area contributed by atoms with Crippen molar-refractivity contribution in [2.75, 3.05) is 11.1 Å². The zero-order valence-electron chi connectivity index (χ0n) is 15.5. The average Bonchev–Trinajstić information content (AvgIpc) is 2.75. The quantitative estimate of drug-likeness (QED) is 0.505. The molecule has 1 N–H and O–H groups in total. The number of thioether (sulfide) groups is 1. The van der Waals surface area contributed by atoms with Crippen LogP contribution in [0.15, 0.2) is 88.1 Å². The summed E-state index contributed by atoms with van der Waals surface area (Å²) in [6.45, 7) is 0. The van der Waals surface area contributed by atoms with Gasteiger partial charge in [-0.05, 0) is 35.9 Å². The Kier molecular flexibility index (Phi) is 5.72. The fourth-order valence-electron chi connectivity index (χ4n) is 2.91. The van der Waals surface area contributed by atoms with Gasteiger partial charge in [-0.2, -0.15) is 0 Å². The highest BCUT2D eigenvalue weighted by molar-refractivity contribution is 7.99. The molecule has 0 radical (unpaired) electrons. The molecule has 1 amide bonds. The standard InChI is InChI=1S/C23H18N2O3S/c26-21(15-29-14-16-7-2-1-3-8-16)24-18-10-6-9-17(13-18)22-25-20-12-5-4-11-19(20)23(27)28-22/h1-13H,14-15H2,(H,24,26). The Balaban J connectivity index is 1.45. The number of fused-ring (bicyclic) bond motifs is 1. The molecule has 0 saturated heterocycles. The number of aromatic nitrogens is 1. The van der Waals surface area contributed by atoms with Crippen LogP contribution in [-0.2, 0) is 10.5 Å². The number of hydrogen-bond acceptors (Lipinski definition) is 5. The van der Waals surface area contributed by atoms with Crippen LogP contribution in [0.5, 0.6) is 0 Å². The first-order valence-electron chi connectivity index (χ1n) is 9.11. The van der Waals surface area contributed by atoms with Crippen molar-refractivity contribution in [3.8, 4) is 11.5 Å². The van der Waals surface area contributed by atoms with Gasteiger partial charge in [0.15, 0.2) is 0 Å². The van der Waals surface area contributed by atoms with Crippen molar-refractivity contribution in [3.63, 3.8) is 0 Å². The molecule has 3 aromatic carbocycles. The van der Waals surface area contributed by atoms with Crippen molar-refractivity contribution in [3.05, 3.63) is 94.8 Å². The molecular formula is C23H18N2O3S. The maximum Gasteiger partial charge on any atom is 0.347 e. The second kappa shape index (κ2) is 8.75. The van der Waals surface area contributed by atoms with Gasteiger partial charge in [-0.1, -0.05) is 48.5 Å². The van der Waals surface area contributed by atoms with Crippen LogP contribution in [0.3, 0.4) is 0 Å². The summed E-state index contributed by atoms with van der Waals surface area (Å²) in [5.41, 5.74) is 2.58. The minimum atomic E-state index is -0.433. The lowest BCUT2D eigenvalue weighted by atomic mass is 10.2. The number of benzene rings is 3. The van der Waals surface area contributed by atoms with Gasteiger partial charge >= 0.3 is 5.63 Å². The Morgan fingerprint density at radius 2 is 1.76 bits per heavy atom. The van der Waals surface area contributed by atoms with E-state index >= 15 is 0 Å². The molecule has 0 aliphatic heterocycles. The van der Waals surface area contributed by atoms with Gasteiger partial charge in [-0.15, -0.1) is 11.8 Å². The van der Waals surface area contributed by atoms with Crippen LogP contribution in [0.4, 0.5) is 5.69 Å². The Morgan fingerprint density at radius 1 is 0.966 bits per heavy atom. The van der Waals surface area contributed by atoms with Crippen molar-refractivity contribution >= 4 is 34.3 Å². The zero-order valence-corrected chi connectivity index (χ0v) is 16.3. The first-order valence-corrected chi connectivity index (χ1v) is 10.3. The highest BCUT2D eigenvalue weighted by atomic mass is 32.2. The molecule has 29 heavy (non-hydrogen) atoms. The smallest absolute Gasteiger partial charge is 0.347 e. The van der Waals surface area contributed by atoms with Crippen molar-refractivity contribution in [2.24, 2.45) is 0 Å². The normalized spacial score (nSPS) is 10.8. The number of nitrogens with zero attached hydrogens (tertiary/aromatic N) is 1. The van der Waals surface area contributed by atoms with Gasteiger partial charge in [0.1, 0.15) is 0 Å². The third kappa shape index (κ3) is 4.73. The molecule has 0 atom stereocenters. The zero-order chi connectivity index (χ0) is 20.1. The molecule has 4 rings (SSSR count). The average molecular weight is 402 g/mol. The lowest BCUT2D eigenvalue weighted by molar-refractivity contribution is -0.113. The Morgan fingerprint density at radius 3 is 2.62 bits per heavy atom. The number of carbonyl (C=O) groups is 1. The summed E-state index contributed by atoms with van der Waals surface area (Å²) >= 11 is 1.55. The summed E-state index contributed by atoms with van der Waals surface area (Å²) in [6.07, 6.45) is 0. The maximum atomic E-state index is 12.3. The largest absolute Gasteiger partial charge is 0.403 e. The molecule has 6 heteroatoms. The first-order chi connectivity index (χ1) is 14.2. The molecule has 1 aromatic heterocycles. The number of hydrogen-bond donors (Lipinski definition) is 1. The van der Waals surface area contributed by atoms with Crippen molar-refractivity contribution in [1.29, 1.82) is 0 Å². The second-order valence-corrected chi connectivity index (χ2v) is 7.42. The minimum absolute atomic E-state index is 0.0870. The first kappa shape index (κ1) is 19.0. The Hall–Kier alpha value is -3.38. The fourth-order valence-corrected chi connectivity index (χ4v) is 3.69. The van der Waals surface area contributed by atoms with Gasteiger partial charge in [0, 0.05) is 17.0 Å². The van der Waals surface area contributed by atoms with Crippen LogP contribution in [-0.4, -0.2) is 16.6 Å². The molecule has 0 spiro atoms. The number of carbonyl (C=O) groups excluding carboxylic acids is 1. The molecular weight excluding hydrogens is 384 g/mol. The van der Waals surface area contributed by atoms with Gasteiger partial charge in [0.25, 0.3) is 0 Å². The molecule has 4 aromatic rings. The molecule has 0 saturated carbocycles. The van der Waals surface area contributed by atoms with E-state index in [-0.39, 0.29) is 11.8 Å². The molecule has 0 fully saturated rings. The molecule has 0 bridgehead atoms. The van der Waals surface area contributed by atoms with Gasteiger partial charge < -0.3 is 9.73 Å². The summed E-state index contributed by atoms with van der Waals surface area (Å²) in [4.78, 5) is 28.9. The van der Waals surface area contributed by atoms with Crippen LogP contribution in [0.1, 0.15) is 5.56 Å². The Labute approximate surface area is 171 Å². The number of rotatable bonds is 6. The highest BCUT2D eigenvalue weighted by Gasteiger charge is 2.10. The van der Waals surface area contributed by atoms with Gasteiger partial charge in [-0.3, -0.25) is 4.79 Å². The summed E-state index contributed by atoms with van der Waals surface area (Å²) in [6, 6.07) is 24.2. The number of amides is 1. The second-order valence-electron chi connectivity index (χ2n) is 6.43. The van der Waals surface area contributed by atoms with Crippen LogP contribution >= 0.6 is 11.8 Å². The molecule has 0 aliphatic carbocycles. The number of nitrogens with one attached hydrogen (secondary N) is 1. The number of anilines is 1. The summed E-state index contributed by atoms with van der Waals surface area (Å²) in [5.74, 6) is 1.27. The summed E-state index contributed by atoms with van der Waals surface area (Å²) in [7, 11) is 0. The highest BCUT2D eigenvalue weighted by Crippen LogP contribution is 2.22. The fraction of sp³-hybridized carbons (Fsp3) is 0.0870. The monoisotopic (exact) mass is 402 g/mol. The van der Waals surface area contributed by atoms with Gasteiger partial charge in [0.05, 0.1) is 16.7 Å². The maximum absolute atomic E-state index is 12.3. The van der Waals surface area contributed by atoms with Crippen LogP contribution in [0.2, 0.25) is 0 Å². The van der Waals surface area contributed by atoms with Crippen molar-refractivity contribution < 1.29 is 9.21 Å². The van der Waals surface area contributed by atoms with Gasteiger partial charge in [-0.25, -0.2) is 9.78 Å². The van der Waals surface area contributed by atoms with Crippen LogP contribution in [0, 0.1) is 0 Å². The predicted molar refractivity (Wildman–Crippen MR) is 117 cm³/mol. The van der Waals surface area contributed by atoms with Crippen LogP contribution < -0.4 is 10.9 Å². The van der Waals surface area contributed by atoms with E-state index in [1.807, 2.05) is 36.4 Å². The van der Waals surface area contributed by atoms with E-state index in [4.69, 9.17) is 4.42 Å². The van der Waals surface area contributed by atoms with E-state index in [0.29, 0.717) is 27.9 Å². The van der Waals surface area contributed by atoms with E-state index in [1.54, 1.807) is 54.2 Å². The topological polar surface area (TPSA) is 72.2 Å².